The van der Waals surface area contributed by atoms with Crippen LogP contribution in [0.1, 0.15) is 5.56 Å². The van der Waals surface area contributed by atoms with Crippen LogP contribution in [0.3, 0.4) is 0 Å². The predicted molar refractivity (Wildman–Crippen MR) is 72.0 cm³/mol. The van der Waals surface area contributed by atoms with E-state index < -0.39 is 5.82 Å². The van der Waals surface area contributed by atoms with Crippen molar-refractivity contribution in [3.8, 4) is 5.75 Å². The fraction of sp³-hybridized carbons (Fsp3) is 0.133. The molecule has 0 amide bonds. The van der Waals surface area contributed by atoms with Gasteiger partial charge in [0.15, 0.2) is 17.3 Å². The summed E-state index contributed by atoms with van der Waals surface area (Å²) in [7, 11) is 0. The number of ether oxygens (including phenoxy) is 1. The second-order valence-corrected chi connectivity index (χ2v) is 4.59. The van der Waals surface area contributed by atoms with Crippen LogP contribution in [-0.4, -0.2) is 12.4 Å². The fourth-order valence-electron chi connectivity index (χ4n) is 1.63. The first-order valence-electron chi connectivity index (χ1n) is 5.89. The number of Topliss-reactive ketones (excluding diaryl/α,β-unsaturated/α-hetero) is 1. The molecule has 5 heteroatoms. The van der Waals surface area contributed by atoms with Gasteiger partial charge in [-0.05, 0) is 29.8 Å². The molecule has 0 N–H and O–H groups in total. The highest BCUT2D eigenvalue weighted by Gasteiger charge is 2.10. The maximum absolute atomic E-state index is 13.5. The SMILES string of the molecule is O=C(COc1cccc(Cl)c1F)Cc1ccc(F)cc1. The van der Waals surface area contributed by atoms with E-state index in [-0.39, 0.29) is 35.4 Å². The van der Waals surface area contributed by atoms with E-state index in [2.05, 4.69) is 0 Å². The van der Waals surface area contributed by atoms with Gasteiger partial charge in [0.05, 0.1) is 5.02 Å². The van der Waals surface area contributed by atoms with E-state index in [1.165, 1.54) is 42.5 Å². The smallest absolute Gasteiger partial charge is 0.183 e. The second kappa shape index (κ2) is 6.48. The minimum Gasteiger partial charge on any atom is -0.483 e. The first-order chi connectivity index (χ1) is 9.56. The number of ketones is 1. The molecule has 2 aromatic carbocycles. The van der Waals surface area contributed by atoms with Gasteiger partial charge in [-0.25, -0.2) is 8.78 Å². The van der Waals surface area contributed by atoms with E-state index in [9.17, 15) is 13.6 Å². The molecular weight excluding hydrogens is 286 g/mol. The van der Waals surface area contributed by atoms with Crippen LogP contribution in [0.25, 0.3) is 0 Å². The van der Waals surface area contributed by atoms with Gasteiger partial charge in [0.2, 0.25) is 0 Å². The van der Waals surface area contributed by atoms with Gasteiger partial charge in [-0.15, -0.1) is 0 Å². The molecular formula is C15H11ClF2O2. The van der Waals surface area contributed by atoms with Gasteiger partial charge in [-0.2, -0.15) is 0 Å². The number of carbonyl (C=O) groups is 1. The molecule has 0 atom stereocenters. The normalized spacial score (nSPS) is 10.3. The highest BCUT2D eigenvalue weighted by Crippen LogP contribution is 2.23. The molecule has 0 radical (unpaired) electrons. The number of hydrogen-bond acceptors (Lipinski definition) is 2. The molecule has 0 aliphatic carbocycles. The van der Waals surface area contributed by atoms with Gasteiger partial charge < -0.3 is 4.74 Å². The molecule has 0 aliphatic heterocycles. The molecule has 2 nitrogen and oxygen atoms in total. The van der Waals surface area contributed by atoms with Gasteiger partial charge in [-0.3, -0.25) is 4.79 Å². The Balaban J connectivity index is 1.92. The molecule has 2 aromatic rings. The number of carbonyl (C=O) groups excluding carboxylic acids is 1. The molecule has 0 unspecified atom stereocenters. The van der Waals surface area contributed by atoms with Crippen LogP contribution in [0.15, 0.2) is 42.5 Å². The average molecular weight is 297 g/mol. The Bertz CT molecular complexity index is 612. The zero-order chi connectivity index (χ0) is 14.5. The van der Waals surface area contributed by atoms with Gasteiger partial charge in [-0.1, -0.05) is 29.8 Å². The lowest BCUT2D eigenvalue weighted by molar-refractivity contribution is -0.120. The molecule has 0 heterocycles. The fourth-order valence-corrected chi connectivity index (χ4v) is 1.80. The third kappa shape index (κ3) is 3.78. The van der Waals surface area contributed by atoms with Gasteiger partial charge in [0.25, 0.3) is 0 Å². The standard InChI is InChI=1S/C15H11ClF2O2/c16-13-2-1-3-14(15(13)18)20-9-12(19)8-10-4-6-11(17)7-5-10/h1-7H,8-9H2. The zero-order valence-electron chi connectivity index (χ0n) is 10.4. The summed E-state index contributed by atoms with van der Waals surface area (Å²) in [6.07, 6.45) is 0.0997. The summed E-state index contributed by atoms with van der Waals surface area (Å²) < 4.78 is 31.3. The molecule has 0 aromatic heterocycles. The Hall–Kier alpha value is -1.94. The Labute approximate surface area is 119 Å². The minimum absolute atomic E-state index is 0.0616. The van der Waals surface area contributed by atoms with Crippen LogP contribution in [-0.2, 0) is 11.2 Å². The van der Waals surface area contributed by atoms with Crippen LogP contribution in [0.5, 0.6) is 5.75 Å². The van der Waals surface area contributed by atoms with Crippen molar-refractivity contribution in [1.82, 2.24) is 0 Å². The summed E-state index contributed by atoms with van der Waals surface area (Å²) in [5.41, 5.74) is 0.673. The van der Waals surface area contributed by atoms with Crippen molar-refractivity contribution in [2.45, 2.75) is 6.42 Å². The first kappa shape index (κ1) is 14.5. The average Bonchev–Trinajstić information content (AvgIpc) is 2.43. The largest absolute Gasteiger partial charge is 0.483 e. The Morgan fingerprint density at radius 3 is 2.50 bits per heavy atom. The van der Waals surface area contributed by atoms with Gasteiger partial charge in [0.1, 0.15) is 12.4 Å². The van der Waals surface area contributed by atoms with Crippen molar-refractivity contribution in [1.29, 1.82) is 0 Å². The van der Waals surface area contributed by atoms with E-state index in [1.54, 1.807) is 0 Å². The highest BCUT2D eigenvalue weighted by molar-refractivity contribution is 6.30. The van der Waals surface area contributed by atoms with Crippen molar-refractivity contribution < 1.29 is 18.3 Å². The third-order valence-corrected chi connectivity index (χ3v) is 2.91. The van der Waals surface area contributed by atoms with Crippen molar-refractivity contribution in [2.24, 2.45) is 0 Å². The molecule has 0 fully saturated rings. The number of rotatable bonds is 5. The second-order valence-electron chi connectivity index (χ2n) is 4.18. The third-order valence-electron chi connectivity index (χ3n) is 2.62. The maximum Gasteiger partial charge on any atom is 0.183 e. The summed E-state index contributed by atoms with van der Waals surface area (Å²) in [5, 5.41) is -0.0616. The lowest BCUT2D eigenvalue weighted by Gasteiger charge is -2.07. The van der Waals surface area contributed by atoms with E-state index in [0.717, 1.165) is 0 Å². The highest BCUT2D eigenvalue weighted by atomic mass is 35.5. The Morgan fingerprint density at radius 1 is 1.10 bits per heavy atom. The van der Waals surface area contributed by atoms with Crippen LogP contribution in [0, 0.1) is 11.6 Å². The lowest BCUT2D eigenvalue weighted by atomic mass is 10.1. The summed E-state index contributed by atoms with van der Waals surface area (Å²) in [4.78, 5) is 11.7. The summed E-state index contributed by atoms with van der Waals surface area (Å²) in [6.45, 7) is -0.269. The van der Waals surface area contributed by atoms with E-state index >= 15 is 0 Å². The molecule has 0 saturated carbocycles. The Morgan fingerprint density at radius 2 is 1.80 bits per heavy atom. The number of hydrogen-bond donors (Lipinski definition) is 0. The van der Waals surface area contributed by atoms with Gasteiger partial charge >= 0.3 is 0 Å². The van der Waals surface area contributed by atoms with Crippen LogP contribution < -0.4 is 4.74 Å². The molecule has 104 valence electrons. The van der Waals surface area contributed by atoms with E-state index in [4.69, 9.17) is 16.3 Å². The molecule has 0 bridgehead atoms. The summed E-state index contributed by atoms with van der Waals surface area (Å²) in [5.74, 6) is -1.36. The number of benzene rings is 2. The quantitative estimate of drug-likeness (QED) is 0.838. The van der Waals surface area contributed by atoms with Crippen molar-refractivity contribution in [2.75, 3.05) is 6.61 Å². The molecule has 2 rings (SSSR count). The molecule has 0 spiro atoms. The summed E-state index contributed by atoms with van der Waals surface area (Å²) >= 11 is 5.60. The lowest BCUT2D eigenvalue weighted by Crippen LogP contribution is -2.14. The molecule has 0 aliphatic rings. The van der Waals surface area contributed by atoms with Crippen molar-refractivity contribution in [3.63, 3.8) is 0 Å². The number of halogens is 3. The monoisotopic (exact) mass is 296 g/mol. The Kier molecular flexibility index (Phi) is 4.69. The molecule has 20 heavy (non-hydrogen) atoms. The minimum atomic E-state index is -0.691. The topological polar surface area (TPSA) is 26.3 Å². The van der Waals surface area contributed by atoms with Crippen molar-refractivity contribution >= 4 is 17.4 Å². The van der Waals surface area contributed by atoms with Crippen LogP contribution >= 0.6 is 11.6 Å². The predicted octanol–water partition coefficient (Wildman–Crippen LogP) is 3.81. The molecule has 0 saturated heterocycles. The maximum atomic E-state index is 13.5. The van der Waals surface area contributed by atoms with Crippen LogP contribution in [0.2, 0.25) is 5.02 Å². The van der Waals surface area contributed by atoms with E-state index in [1.807, 2.05) is 0 Å². The summed E-state index contributed by atoms with van der Waals surface area (Å²) in [6, 6.07) is 9.92. The van der Waals surface area contributed by atoms with E-state index in [0.29, 0.717) is 5.56 Å². The van der Waals surface area contributed by atoms with Gasteiger partial charge in [0, 0.05) is 6.42 Å². The van der Waals surface area contributed by atoms with Crippen molar-refractivity contribution in [3.05, 3.63) is 64.7 Å². The van der Waals surface area contributed by atoms with Crippen LogP contribution in [0.4, 0.5) is 8.78 Å². The first-order valence-corrected chi connectivity index (χ1v) is 6.27. The zero-order valence-corrected chi connectivity index (χ0v) is 11.2.